The molecular weight excluding hydrogens is 348 g/mol. The number of fused-ring (bicyclic) bond motifs is 2. The summed E-state index contributed by atoms with van der Waals surface area (Å²) in [5, 5.41) is 11.4. The number of nitrogens with zero attached hydrogens (tertiary/aromatic N) is 4. The molecule has 10 heteroatoms. The maximum atomic E-state index is 14.1. The Morgan fingerprint density at radius 2 is 2.04 bits per heavy atom. The Morgan fingerprint density at radius 3 is 2.70 bits per heavy atom. The summed E-state index contributed by atoms with van der Waals surface area (Å²) < 4.78 is 14.1. The topological polar surface area (TPSA) is 91.2 Å². The van der Waals surface area contributed by atoms with Crippen LogP contribution in [-0.2, 0) is 0 Å². The van der Waals surface area contributed by atoms with Crippen LogP contribution in [0.3, 0.4) is 0 Å². The number of rotatable bonds is 2. The average Bonchev–Trinajstić information content (AvgIpc) is 2.95. The Labute approximate surface area is 139 Å². The smallest absolute Gasteiger partial charge is 0.404 e. The zero-order valence-electron chi connectivity index (χ0n) is 11.5. The van der Waals surface area contributed by atoms with E-state index in [4.69, 9.17) is 28.3 Å². The van der Waals surface area contributed by atoms with Crippen molar-refractivity contribution in [2.24, 2.45) is 11.8 Å². The fourth-order valence-corrected chi connectivity index (χ4v) is 3.59. The predicted octanol–water partition coefficient (Wildman–Crippen LogP) is 2.17. The van der Waals surface area contributed by atoms with E-state index in [9.17, 15) is 9.18 Å². The molecule has 3 heterocycles. The molecule has 2 aromatic heterocycles. The maximum Gasteiger partial charge on any atom is 0.404 e. The van der Waals surface area contributed by atoms with Crippen molar-refractivity contribution < 1.29 is 14.3 Å². The number of halogens is 3. The van der Waals surface area contributed by atoms with Crippen molar-refractivity contribution in [2.45, 2.75) is 6.04 Å². The Hall–Kier alpha value is -1.93. The predicted molar refractivity (Wildman–Crippen MR) is 81.5 cm³/mol. The van der Waals surface area contributed by atoms with Crippen LogP contribution in [0.2, 0.25) is 10.4 Å². The summed E-state index contributed by atoms with van der Waals surface area (Å²) in [5.74, 6) is 0.203. The fourth-order valence-electron chi connectivity index (χ4n) is 3.29. The number of pyridine rings is 1. The minimum absolute atomic E-state index is 0.0285. The Balaban J connectivity index is 1.66. The number of piperidine rings is 1. The van der Waals surface area contributed by atoms with Crippen LogP contribution in [0.4, 0.5) is 15.0 Å². The second-order valence-electron chi connectivity index (χ2n) is 5.65. The van der Waals surface area contributed by atoms with E-state index >= 15 is 0 Å². The molecular formula is C13H10Cl2FN5O2. The van der Waals surface area contributed by atoms with Crippen LogP contribution in [-0.4, -0.2) is 45.3 Å². The Kier molecular flexibility index (Phi) is 3.21. The van der Waals surface area contributed by atoms with E-state index in [0.29, 0.717) is 24.3 Å². The Bertz CT molecular complexity index is 824. The third kappa shape index (κ3) is 2.33. The van der Waals surface area contributed by atoms with Crippen LogP contribution < -0.4 is 10.2 Å². The molecule has 1 aliphatic heterocycles. The van der Waals surface area contributed by atoms with Gasteiger partial charge in [0.05, 0.1) is 5.39 Å². The Morgan fingerprint density at radius 1 is 1.35 bits per heavy atom. The second kappa shape index (κ2) is 5.04. The molecule has 0 bridgehead atoms. The number of anilines is 1. The van der Waals surface area contributed by atoms with Crippen LogP contribution in [0.5, 0.6) is 0 Å². The molecule has 0 aromatic carbocycles. The summed E-state index contributed by atoms with van der Waals surface area (Å²) in [5.41, 5.74) is 0.0285. The van der Waals surface area contributed by atoms with Crippen LogP contribution in [0.1, 0.15) is 0 Å². The van der Waals surface area contributed by atoms with Crippen LogP contribution >= 0.6 is 23.2 Å². The summed E-state index contributed by atoms with van der Waals surface area (Å²) in [6.45, 7) is 1.23. The van der Waals surface area contributed by atoms with Gasteiger partial charge in [0.15, 0.2) is 11.0 Å². The van der Waals surface area contributed by atoms with Crippen LogP contribution in [0, 0.1) is 17.7 Å². The van der Waals surface area contributed by atoms with Gasteiger partial charge < -0.3 is 15.3 Å². The van der Waals surface area contributed by atoms with Crippen molar-refractivity contribution in [1.82, 2.24) is 20.3 Å². The molecule has 1 saturated carbocycles. The molecule has 2 N–H and O–H groups in total. The number of amides is 1. The molecule has 23 heavy (non-hydrogen) atoms. The van der Waals surface area contributed by atoms with Gasteiger partial charge in [-0.15, -0.1) is 0 Å². The van der Waals surface area contributed by atoms with Crippen molar-refractivity contribution in [3.63, 3.8) is 0 Å². The first-order valence-corrected chi connectivity index (χ1v) is 7.63. The molecule has 7 nitrogen and oxygen atoms in total. The molecule has 1 amide bonds. The van der Waals surface area contributed by atoms with Crippen LogP contribution in [0.15, 0.2) is 6.20 Å². The molecule has 120 valence electrons. The second-order valence-corrected chi connectivity index (χ2v) is 6.35. The van der Waals surface area contributed by atoms with Gasteiger partial charge in [-0.3, -0.25) is 0 Å². The summed E-state index contributed by atoms with van der Waals surface area (Å²) >= 11 is 11.6. The van der Waals surface area contributed by atoms with Gasteiger partial charge in [0.2, 0.25) is 5.28 Å². The monoisotopic (exact) mass is 357 g/mol. The normalized spacial score (nSPS) is 25.5. The van der Waals surface area contributed by atoms with E-state index in [1.54, 1.807) is 0 Å². The molecule has 4 rings (SSSR count). The summed E-state index contributed by atoms with van der Waals surface area (Å²) in [4.78, 5) is 24.5. The number of aromatic nitrogens is 3. The maximum absolute atomic E-state index is 14.1. The third-order valence-corrected chi connectivity index (χ3v) is 4.81. The molecule has 1 saturated heterocycles. The molecule has 0 unspecified atom stereocenters. The largest absolute Gasteiger partial charge is 0.465 e. The molecule has 2 aromatic rings. The van der Waals surface area contributed by atoms with Crippen molar-refractivity contribution in [3.8, 4) is 0 Å². The van der Waals surface area contributed by atoms with Crippen LogP contribution in [0.25, 0.3) is 10.9 Å². The highest BCUT2D eigenvalue weighted by Crippen LogP contribution is 2.47. The minimum atomic E-state index is -1.02. The van der Waals surface area contributed by atoms with Gasteiger partial charge in [0, 0.05) is 37.2 Å². The molecule has 2 fully saturated rings. The van der Waals surface area contributed by atoms with Crippen molar-refractivity contribution in [1.29, 1.82) is 0 Å². The summed E-state index contributed by atoms with van der Waals surface area (Å²) in [6.07, 6.45) is 0.399. The quantitative estimate of drug-likeness (QED) is 0.632. The molecule has 1 aliphatic carbocycles. The number of hydrogen-bond donors (Lipinski definition) is 2. The highest BCUT2D eigenvalue weighted by molar-refractivity contribution is 6.30. The van der Waals surface area contributed by atoms with Gasteiger partial charge in [0.1, 0.15) is 11.3 Å². The van der Waals surface area contributed by atoms with Gasteiger partial charge in [-0.1, -0.05) is 11.6 Å². The number of nitrogens with one attached hydrogen (secondary N) is 1. The fraction of sp³-hybridized carbons (Fsp3) is 0.385. The summed E-state index contributed by atoms with van der Waals surface area (Å²) in [6, 6.07) is -0.0309. The SMILES string of the molecule is O=C(O)N[C@@H]1[C@@H]2CN(c3nc(Cl)nc4c(F)c(Cl)ncc34)C[C@@H]21. The number of hydrogen-bond acceptors (Lipinski definition) is 5. The zero-order chi connectivity index (χ0) is 16.3. The molecule has 0 radical (unpaired) electrons. The minimum Gasteiger partial charge on any atom is -0.465 e. The average molecular weight is 358 g/mol. The van der Waals surface area contributed by atoms with Crippen molar-refractivity contribution in [2.75, 3.05) is 18.0 Å². The van der Waals surface area contributed by atoms with Gasteiger partial charge in [-0.05, 0) is 11.6 Å². The lowest BCUT2D eigenvalue weighted by Crippen LogP contribution is -2.34. The van der Waals surface area contributed by atoms with E-state index in [2.05, 4.69) is 20.3 Å². The zero-order valence-corrected chi connectivity index (χ0v) is 13.0. The lowest BCUT2D eigenvalue weighted by atomic mass is 10.2. The van der Waals surface area contributed by atoms with E-state index in [0.717, 1.165) is 0 Å². The third-order valence-electron chi connectivity index (χ3n) is 4.38. The van der Waals surface area contributed by atoms with Gasteiger partial charge in [-0.25, -0.2) is 19.2 Å². The molecule has 0 spiro atoms. The highest BCUT2D eigenvalue weighted by atomic mass is 35.5. The lowest BCUT2D eigenvalue weighted by molar-refractivity contribution is 0.192. The molecule has 2 aliphatic rings. The van der Waals surface area contributed by atoms with Gasteiger partial charge >= 0.3 is 6.09 Å². The first-order chi connectivity index (χ1) is 11.0. The van der Waals surface area contributed by atoms with E-state index < -0.39 is 11.9 Å². The first-order valence-electron chi connectivity index (χ1n) is 6.87. The van der Waals surface area contributed by atoms with E-state index in [1.807, 2.05) is 4.90 Å². The van der Waals surface area contributed by atoms with Crippen molar-refractivity contribution >= 4 is 46.0 Å². The number of carboxylic acid groups (broad SMARTS) is 1. The standard InChI is InChI=1S/C13H10Cl2FN5O2/c14-10-7(16)9-4(1-17-10)11(20-12(15)18-9)21-2-5-6(3-21)8(5)19-13(22)23/h1,5-6,8,19H,2-3H2,(H,22,23)/t5-,6+,8-. The van der Waals surface area contributed by atoms with Gasteiger partial charge in [-0.2, -0.15) is 4.98 Å². The van der Waals surface area contributed by atoms with E-state index in [-0.39, 0.29) is 33.8 Å². The van der Waals surface area contributed by atoms with Crippen molar-refractivity contribution in [3.05, 3.63) is 22.5 Å². The highest BCUT2D eigenvalue weighted by Gasteiger charge is 2.57. The van der Waals surface area contributed by atoms with Gasteiger partial charge in [0.25, 0.3) is 0 Å². The van der Waals surface area contributed by atoms with E-state index in [1.165, 1.54) is 6.20 Å². The number of carbonyl (C=O) groups is 1. The molecule has 3 atom stereocenters. The summed E-state index contributed by atoms with van der Waals surface area (Å²) in [7, 11) is 0. The first kappa shape index (κ1) is 14.6. The lowest BCUT2D eigenvalue weighted by Gasteiger charge is -2.22.